The number of ether oxygens (including phenoxy) is 1. The van der Waals surface area contributed by atoms with Gasteiger partial charge in [0.2, 0.25) is 0 Å². The third-order valence-corrected chi connectivity index (χ3v) is 4.87. The van der Waals surface area contributed by atoms with Crippen LogP contribution in [0.15, 0.2) is 18.3 Å². The van der Waals surface area contributed by atoms with Crippen molar-refractivity contribution in [2.45, 2.75) is 25.1 Å². The second-order valence-corrected chi connectivity index (χ2v) is 6.52. The summed E-state index contributed by atoms with van der Waals surface area (Å²) >= 11 is 6.28. The molecule has 0 radical (unpaired) electrons. The number of alkyl halides is 1. The third-order valence-electron chi connectivity index (χ3n) is 4.55. The minimum atomic E-state index is -1.01. The van der Waals surface area contributed by atoms with Crippen molar-refractivity contribution in [1.82, 2.24) is 9.88 Å². The number of rotatable bonds is 4. The predicted molar refractivity (Wildman–Crippen MR) is 90.9 cm³/mol. The fraction of sp³-hybridized carbons (Fsp3) is 0.471. The number of fused-ring (bicyclic) bond motifs is 1. The second kappa shape index (κ2) is 7.17. The summed E-state index contributed by atoms with van der Waals surface area (Å²) in [6, 6.07) is 2.65. The van der Waals surface area contributed by atoms with E-state index in [0.29, 0.717) is 42.1 Å². The maximum atomic E-state index is 14.2. The Morgan fingerprint density at radius 1 is 1.46 bits per heavy atom. The van der Waals surface area contributed by atoms with Crippen molar-refractivity contribution in [3.05, 3.63) is 34.7 Å². The van der Waals surface area contributed by atoms with E-state index in [-0.39, 0.29) is 11.6 Å². The SMILES string of the molecule is COc1cc(F)c2ncc(Cl)c(CCN3CC[C@@H](N)[C@@H](F)C3)c2c1. The average Bonchev–Trinajstić information content (AvgIpc) is 2.56. The smallest absolute Gasteiger partial charge is 0.153 e. The van der Waals surface area contributed by atoms with Crippen LogP contribution in [-0.4, -0.2) is 48.8 Å². The number of hydrogen-bond acceptors (Lipinski definition) is 4. The molecule has 1 aliphatic rings. The Bertz CT molecular complexity index is 743. The van der Waals surface area contributed by atoms with Gasteiger partial charge < -0.3 is 10.5 Å². The average molecular weight is 356 g/mol. The lowest BCUT2D eigenvalue weighted by atomic mass is 10.0. The molecule has 0 saturated carbocycles. The van der Waals surface area contributed by atoms with Gasteiger partial charge in [0, 0.05) is 36.8 Å². The van der Waals surface area contributed by atoms with E-state index < -0.39 is 12.0 Å². The summed E-state index contributed by atoms with van der Waals surface area (Å²) in [5.74, 6) is -0.0341. The Hall–Kier alpha value is -1.50. The van der Waals surface area contributed by atoms with Gasteiger partial charge in [0.15, 0.2) is 5.82 Å². The highest BCUT2D eigenvalue weighted by Crippen LogP contribution is 2.30. The Morgan fingerprint density at radius 3 is 2.96 bits per heavy atom. The lowest BCUT2D eigenvalue weighted by molar-refractivity contribution is 0.121. The highest BCUT2D eigenvalue weighted by atomic mass is 35.5. The standard InChI is InChI=1S/C17H20ClF2N3O/c1-24-10-6-12-11(13(18)8-22-17(12)14(19)7-10)2-4-23-5-3-16(21)15(20)9-23/h6-8,15-16H,2-5,9,21H2,1H3/t15-,16+/m0/s1. The van der Waals surface area contributed by atoms with Crippen molar-refractivity contribution in [2.24, 2.45) is 5.73 Å². The Morgan fingerprint density at radius 2 is 2.25 bits per heavy atom. The van der Waals surface area contributed by atoms with Crippen LogP contribution < -0.4 is 10.5 Å². The first-order valence-corrected chi connectivity index (χ1v) is 8.30. The molecular formula is C17H20ClF2N3O. The quantitative estimate of drug-likeness (QED) is 0.916. The Labute approximate surface area is 144 Å². The molecule has 2 atom stereocenters. The molecule has 2 heterocycles. The van der Waals surface area contributed by atoms with Gasteiger partial charge in [-0.05, 0) is 31.0 Å². The van der Waals surface area contributed by atoms with Crippen LogP contribution in [0, 0.1) is 5.82 Å². The van der Waals surface area contributed by atoms with E-state index in [0.717, 1.165) is 12.1 Å². The lowest BCUT2D eigenvalue weighted by Gasteiger charge is -2.32. The number of pyridine rings is 1. The molecule has 0 amide bonds. The molecule has 7 heteroatoms. The second-order valence-electron chi connectivity index (χ2n) is 6.11. The minimum Gasteiger partial charge on any atom is -0.497 e. The molecule has 2 N–H and O–H groups in total. The molecule has 1 fully saturated rings. The third kappa shape index (κ3) is 3.45. The van der Waals surface area contributed by atoms with Crippen molar-refractivity contribution in [1.29, 1.82) is 0 Å². The summed E-state index contributed by atoms with van der Waals surface area (Å²) in [5, 5.41) is 1.10. The molecular weight excluding hydrogens is 336 g/mol. The zero-order chi connectivity index (χ0) is 17.3. The molecule has 130 valence electrons. The molecule has 0 spiro atoms. The van der Waals surface area contributed by atoms with Crippen molar-refractivity contribution < 1.29 is 13.5 Å². The normalized spacial score (nSPS) is 22.0. The minimum absolute atomic E-state index is 0.263. The van der Waals surface area contributed by atoms with Gasteiger partial charge in [-0.2, -0.15) is 0 Å². The van der Waals surface area contributed by atoms with Crippen molar-refractivity contribution in [3.63, 3.8) is 0 Å². The first-order chi connectivity index (χ1) is 11.5. The number of methoxy groups -OCH3 is 1. The van der Waals surface area contributed by atoms with Gasteiger partial charge >= 0.3 is 0 Å². The Kier molecular flexibility index (Phi) is 5.18. The van der Waals surface area contributed by atoms with Crippen LogP contribution in [0.5, 0.6) is 5.75 Å². The van der Waals surface area contributed by atoms with Crippen LogP contribution in [0.1, 0.15) is 12.0 Å². The summed E-state index contributed by atoms with van der Waals surface area (Å²) in [6.07, 6.45) is 1.65. The van der Waals surface area contributed by atoms with E-state index in [1.807, 2.05) is 4.90 Å². The van der Waals surface area contributed by atoms with Crippen LogP contribution >= 0.6 is 11.6 Å². The van der Waals surface area contributed by atoms with Crippen molar-refractivity contribution in [2.75, 3.05) is 26.7 Å². The molecule has 1 aromatic carbocycles. The maximum absolute atomic E-state index is 14.2. The maximum Gasteiger partial charge on any atom is 0.153 e. The molecule has 2 aromatic rings. The molecule has 1 saturated heterocycles. The van der Waals surface area contributed by atoms with Crippen LogP contribution in [-0.2, 0) is 6.42 Å². The Balaban J connectivity index is 1.86. The zero-order valence-electron chi connectivity index (χ0n) is 13.4. The van der Waals surface area contributed by atoms with Gasteiger partial charge in [-0.1, -0.05) is 11.6 Å². The number of benzene rings is 1. The first-order valence-electron chi connectivity index (χ1n) is 7.92. The highest BCUT2D eigenvalue weighted by molar-refractivity contribution is 6.32. The van der Waals surface area contributed by atoms with E-state index >= 15 is 0 Å². The van der Waals surface area contributed by atoms with E-state index in [1.54, 1.807) is 6.07 Å². The first kappa shape index (κ1) is 17.3. The van der Waals surface area contributed by atoms with Crippen LogP contribution in [0.3, 0.4) is 0 Å². The van der Waals surface area contributed by atoms with Crippen LogP contribution in [0.4, 0.5) is 8.78 Å². The van der Waals surface area contributed by atoms with Crippen LogP contribution in [0.2, 0.25) is 5.02 Å². The van der Waals surface area contributed by atoms with E-state index in [1.165, 1.54) is 19.4 Å². The van der Waals surface area contributed by atoms with Gasteiger partial charge in [0.05, 0.1) is 12.1 Å². The van der Waals surface area contributed by atoms with Gasteiger partial charge in [-0.15, -0.1) is 0 Å². The molecule has 1 aromatic heterocycles. The predicted octanol–water partition coefficient (Wildman–Crippen LogP) is 2.95. The molecule has 0 unspecified atom stereocenters. The van der Waals surface area contributed by atoms with E-state index in [2.05, 4.69) is 4.98 Å². The summed E-state index contributed by atoms with van der Waals surface area (Å²) in [7, 11) is 1.48. The monoisotopic (exact) mass is 355 g/mol. The number of likely N-dealkylation sites (tertiary alicyclic amines) is 1. The topological polar surface area (TPSA) is 51.4 Å². The molecule has 3 rings (SSSR count). The number of halogens is 3. The van der Waals surface area contributed by atoms with Crippen LogP contribution in [0.25, 0.3) is 10.9 Å². The van der Waals surface area contributed by atoms with Gasteiger partial charge in [0.25, 0.3) is 0 Å². The largest absolute Gasteiger partial charge is 0.497 e. The fourth-order valence-electron chi connectivity index (χ4n) is 3.09. The molecule has 1 aliphatic heterocycles. The zero-order valence-corrected chi connectivity index (χ0v) is 14.2. The summed E-state index contributed by atoms with van der Waals surface area (Å²) in [4.78, 5) is 6.10. The number of aromatic nitrogens is 1. The van der Waals surface area contributed by atoms with Gasteiger partial charge in [-0.25, -0.2) is 8.78 Å². The number of nitrogens with zero attached hydrogens (tertiary/aromatic N) is 2. The summed E-state index contributed by atoms with van der Waals surface area (Å²) < 4.78 is 33.1. The van der Waals surface area contributed by atoms with E-state index in [9.17, 15) is 8.78 Å². The molecule has 4 nitrogen and oxygen atoms in total. The molecule has 0 bridgehead atoms. The number of hydrogen-bond donors (Lipinski definition) is 1. The fourth-order valence-corrected chi connectivity index (χ4v) is 3.34. The highest BCUT2D eigenvalue weighted by Gasteiger charge is 2.26. The number of nitrogens with two attached hydrogens (primary N) is 1. The number of piperidine rings is 1. The lowest BCUT2D eigenvalue weighted by Crippen LogP contribution is -2.48. The van der Waals surface area contributed by atoms with Gasteiger partial charge in [-0.3, -0.25) is 9.88 Å². The van der Waals surface area contributed by atoms with Crippen molar-refractivity contribution in [3.8, 4) is 5.75 Å². The summed E-state index contributed by atoms with van der Waals surface area (Å²) in [6.45, 7) is 1.70. The van der Waals surface area contributed by atoms with Gasteiger partial charge in [0.1, 0.15) is 17.4 Å². The molecule has 0 aliphatic carbocycles. The molecule has 24 heavy (non-hydrogen) atoms. The summed E-state index contributed by atoms with van der Waals surface area (Å²) in [5.41, 5.74) is 6.77. The van der Waals surface area contributed by atoms with Crippen molar-refractivity contribution >= 4 is 22.5 Å². The van der Waals surface area contributed by atoms with E-state index in [4.69, 9.17) is 22.1 Å².